The molecule has 22 heavy (non-hydrogen) atoms. The summed E-state index contributed by atoms with van der Waals surface area (Å²) in [4.78, 5) is 20.6. The number of carbonyl (C=O) groups is 1. The Hall–Kier alpha value is -2.62. The molecule has 0 aliphatic heterocycles. The van der Waals surface area contributed by atoms with Gasteiger partial charge < -0.3 is 4.18 Å². The van der Waals surface area contributed by atoms with Gasteiger partial charge in [0.1, 0.15) is 11.6 Å². The van der Waals surface area contributed by atoms with Crippen LogP contribution in [0.4, 0.5) is 14.1 Å². The third kappa shape index (κ3) is 3.95. The average Bonchev–Trinajstić information content (AvgIpc) is 2.45. The number of hydrogen-bond donors (Lipinski definition) is 0. The Kier molecular flexibility index (Phi) is 4.31. The van der Waals surface area contributed by atoms with Crippen LogP contribution >= 0.6 is 0 Å². The Morgan fingerprint density at radius 1 is 1.27 bits per heavy atom. The first-order valence-electron chi connectivity index (χ1n) is 5.75. The van der Waals surface area contributed by atoms with Gasteiger partial charge in [0.15, 0.2) is 5.75 Å². The molecule has 0 N–H and O–H groups in total. The number of nitrogens with zero attached hydrogens (tertiary/aromatic N) is 3. The van der Waals surface area contributed by atoms with E-state index in [1.54, 1.807) is 0 Å². The molecule has 2 rings (SSSR count). The quantitative estimate of drug-likeness (QED) is 0.790. The van der Waals surface area contributed by atoms with Crippen LogP contribution in [0.15, 0.2) is 36.8 Å². The van der Waals surface area contributed by atoms with Gasteiger partial charge in [-0.2, -0.15) is 8.42 Å². The van der Waals surface area contributed by atoms with Crippen LogP contribution in [0.5, 0.6) is 5.75 Å². The molecule has 0 atom stereocenters. The number of hydrogen-bond acceptors (Lipinski definition) is 6. The van der Waals surface area contributed by atoms with Crippen molar-refractivity contribution in [2.75, 3.05) is 11.9 Å². The second kappa shape index (κ2) is 6.02. The van der Waals surface area contributed by atoms with E-state index >= 15 is 0 Å². The first-order chi connectivity index (χ1) is 10.3. The van der Waals surface area contributed by atoms with E-state index < -0.39 is 28.0 Å². The predicted molar refractivity (Wildman–Crippen MR) is 71.8 cm³/mol. The van der Waals surface area contributed by atoms with Crippen LogP contribution in [0.2, 0.25) is 0 Å². The van der Waals surface area contributed by atoms with Crippen LogP contribution in [0.1, 0.15) is 10.4 Å². The molecule has 0 saturated heterocycles. The summed E-state index contributed by atoms with van der Waals surface area (Å²) in [5, 5.41) is 0. The molecule has 0 unspecified atom stereocenters. The van der Waals surface area contributed by atoms with Crippen molar-refractivity contribution in [3.05, 3.63) is 48.2 Å². The molecule has 2 heterocycles. The minimum atomic E-state index is -5.22. The zero-order chi connectivity index (χ0) is 16.3. The summed E-state index contributed by atoms with van der Waals surface area (Å²) in [6, 6.07) is 3.42. The number of halogens is 2. The largest absolute Gasteiger partial charge is 0.488 e. The Morgan fingerprint density at radius 3 is 2.59 bits per heavy atom. The van der Waals surface area contributed by atoms with E-state index in [0.29, 0.717) is 0 Å². The van der Waals surface area contributed by atoms with Gasteiger partial charge >= 0.3 is 10.5 Å². The van der Waals surface area contributed by atoms with Gasteiger partial charge in [0.05, 0.1) is 18.0 Å². The molecule has 0 bridgehead atoms. The van der Waals surface area contributed by atoms with Crippen molar-refractivity contribution < 1.29 is 25.7 Å². The van der Waals surface area contributed by atoms with Gasteiger partial charge in [-0.05, 0) is 18.2 Å². The average molecular weight is 329 g/mol. The SMILES string of the molecule is CN(C(=O)c1cncc(OS(=O)(=O)F)c1)c1ccc(F)cn1. The molecule has 0 spiro atoms. The summed E-state index contributed by atoms with van der Waals surface area (Å²) in [5.41, 5.74) is -0.0604. The highest BCUT2D eigenvalue weighted by atomic mass is 32.3. The minimum absolute atomic E-state index is 0.0604. The molecule has 2 aromatic heterocycles. The van der Waals surface area contributed by atoms with Crippen molar-refractivity contribution in [2.45, 2.75) is 0 Å². The van der Waals surface area contributed by atoms with Crippen molar-refractivity contribution in [1.29, 1.82) is 0 Å². The van der Waals surface area contributed by atoms with E-state index in [1.165, 1.54) is 13.1 Å². The second-order valence-electron chi connectivity index (χ2n) is 4.08. The lowest BCUT2D eigenvalue weighted by atomic mass is 10.2. The Bertz CT molecular complexity index is 796. The maximum atomic E-state index is 12.8. The van der Waals surface area contributed by atoms with Gasteiger partial charge in [-0.25, -0.2) is 9.37 Å². The highest BCUT2D eigenvalue weighted by Gasteiger charge is 2.17. The van der Waals surface area contributed by atoms with Gasteiger partial charge in [-0.3, -0.25) is 14.7 Å². The second-order valence-corrected chi connectivity index (χ2v) is 5.04. The predicted octanol–water partition coefficient (Wildman–Crippen LogP) is 1.49. The van der Waals surface area contributed by atoms with Gasteiger partial charge in [-0.1, -0.05) is 3.89 Å². The summed E-state index contributed by atoms with van der Waals surface area (Å²) in [6.45, 7) is 0. The van der Waals surface area contributed by atoms with Crippen molar-refractivity contribution in [3.63, 3.8) is 0 Å². The molecule has 0 aromatic carbocycles. The van der Waals surface area contributed by atoms with Crippen LogP contribution in [-0.4, -0.2) is 31.3 Å². The molecule has 1 amide bonds. The molecular formula is C12H9F2N3O4S. The van der Waals surface area contributed by atoms with E-state index in [4.69, 9.17) is 0 Å². The fourth-order valence-electron chi connectivity index (χ4n) is 1.56. The number of carbonyl (C=O) groups excluding carboxylic acids is 1. The summed E-state index contributed by atoms with van der Waals surface area (Å²) < 4.78 is 50.1. The number of anilines is 1. The molecule has 10 heteroatoms. The standard InChI is InChI=1S/C12H9F2N3O4S/c1-17(11-3-2-9(13)6-16-11)12(18)8-4-10(7-15-5-8)21-22(14,19)20/h2-7H,1H3. The molecular weight excluding hydrogens is 320 g/mol. The Labute approximate surface area is 124 Å². The van der Waals surface area contributed by atoms with Crippen molar-refractivity contribution in [2.24, 2.45) is 0 Å². The fourth-order valence-corrected chi connectivity index (χ4v) is 1.88. The monoisotopic (exact) mass is 329 g/mol. The van der Waals surface area contributed by atoms with Gasteiger partial charge in [0.2, 0.25) is 0 Å². The summed E-state index contributed by atoms with van der Waals surface area (Å²) in [7, 11) is -3.84. The third-order valence-electron chi connectivity index (χ3n) is 2.52. The molecule has 7 nitrogen and oxygen atoms in total. The highest BCUT2D eigenvalue weighted by Crippen LogP contribution is 2.17. The van der Waals surface area contributed by atoms with Crippen LogP contribution in [-0.2, 0) is 10.5 Å². The first kappa shape index (κ1) is 15.8. The number of pyridine rings is 2. The molecule has 0 radical (unpaired) electrons. The zero-order valence-electron chi connectivity index (χ0n) is 11.1. The van der Waals surface area contributed by atoms with E-state index in [9.17, 15) is 21.5 Å². The smallest absolute Gasteiger partial charge is 0.357 e. The number of amides is 1. The topological polar surface area (TPSA) is 89.5 Å². The van der Waals surface area contributed by atoms with Crippen LogP contribution < -0.4 is 9.08 Å². The van der Waals surface area contributed by atoms with Crippen LogP contribution in [0.25, 0.3) is 0 Å². The first-order valence-corrected chi connectivity index (χ1v) is 7.06. The molecule has 0 fully saturated rings. The van der Waals surface area contributed by atoms with Gasteiger partial charge in [0.25, 0.3) is 5.91 Å². The minimum Gasteiger partial charge on any atom is -0.357 e. The summed E-state index contributed by atoms with van der Waals surface area (Å²) in [6.07, 6.45) is 3.01. The molecule has 0 aliphatic rings. The molecule has 0 saturated carbocycles. The fraction of sp³-hybridized carbons (Fsp3) is 0.0833. The lowest BCUT2D eigenvalue weighted by molar-refractivity contribution is 0.0991. The van der Waals surface area contributed by atoms with Crippen molar-refractivity contribution >= 4 is 22.2 Å². The van der Waals surface area contributed by atoms with Crippen molar-refractivity contribution in [1.82, 2.24) is 9.97 Å². The number of aromatic nitrogens is 2. The van der Waals surface area contributed by atoms with E-state index in [1.807, 2.05) is 0 Å². The van der Waals surface area contributed by atoms with Gasteiger partial charge in [0, 0.05) is 13.2 Å². The van der Waals surface area contributed by atoms with Crippen LogP contribution in [0.3, 0.4) is 0 Å². The number of rotatable bonds is 4. The van der Waals surface area contributed by atoms with E-state index in [0.717, 1.165) is 35.6 Å². The lowest BCUT2D eigenvalue weighted by Crippen LogP contribution is -2.27. The van der Waals surface area contributed by atoms with E-state index in [2.05, 4.69) is 14.2 Å². The third-order valence-corrected chi connectivity index (χ3v) is 2.91. The molecule has 2 aromatic rings. The molecule has 0 aliphatic carbocycles. The zero-order valence-corrected chi connectivity index (χ0v) is 11.9. The Balaban J connectivity index is 2.25. The normalized spacial score (nSPS) is 11.0. The van der Waals surface area contributed by atoms with Gasteiger partial charge in [-0.15, -0.1) is 0 Å². The maximum Gasteiger partial charge on any atom is 0.488 e. The summed E-state index contributed by atoms with van der Waals surface area (Å²) >= 11 is 0. The van der Waals surface area contributed by atoms with Crippen LogP contribution in [0, 0.1) is 5.82 Å². The maximum absolute atomic E-state index is 12.8. The summed E-state index contributed by atoms with van der Waals surface area (Å²) in [5.74, 6) is -1.47. The van der Waals surface area contributed by atoms with Crippen molar-refractivity contribution in [3.8, 4) is 5.75 Å². The molecule has 116 valence electrons. The Morgan fingerprint density at radius 2 is 2.00 bits per heavy atom. The van der Waals surface area contributed by atoms with E-state index in [-0.39, 0.29) is 11.4 Å². The lowest BCUT2D eigenvalue weighted by Gasteiger charge is -2.16. The highest BCUT2D eigenvalue weighted by molar-refractivity contribution is 7.81.